The topological polar surface area (TPSA) is 70.0 Å². The lowest BCUT2D eigenvalue weighted by atomic mass is 9.74. The van der Waals surface area contributed by atoms with Gasteiger partial charge < -0.3 is 14.9 Å². The fourth-order valence-electron chi connectivity index (χ4n) is 3.37. The Morgan fingerprint density at radius 3 is 2.83 bits per heavy atom. The number of carboxylic acid groups (broad SMARTS) is 1. The van der Waals surface area contributed by atoms with Crippen LogP contribution in [0.25, 0.3) is 0 Å². The van der Waals surface area contributed by atoms with E-state index in [0.29, 0.717) is 43.2 Å². The molecule has 6 heteroatoms. The van der Waals surface area contributed by atoms with Crippen molar-refractivity contribution >= 4 is 17.6 Å². The molecule has 0 spiro atoms. The minimum Gasteiger partial charge on any atom is -0.495 e. The maximum atomic E-state index is 11.8. The number of nitrogens with zero attached hydrogens (tertiary/aromatic N) is 1. The summed E-state index contributed by atoms with van der Waals surface area (Å²) in [5.74, 6) is -0.292. The zero-order valence-electron chi connectivity index (χ0n) is 13.6. The number of aliphatic hydroxyl groups excluding tert-OH is 1. The number of hydrogen-bond acceptors (Lipinski definition) is 4. The lowest BCUT2D eigenvalue weighted by molar-refractivity contribution is -0.164. The van der Waals surface area contributed by atoms with Gasteiger partial charge >= 0.3 is 5.97 Å². The summed E-state index contributed by atoms with van der Waals surface area (Å²) in [5, 5.41) is 20.5. The second kappa shape index (κ2) is 7.51. The van der Waals surface area contributed by atoms with Gasteiger partial charge in [0.25, 0.3) is 0 Å². The zero-order valence-corrected chi connectivity index (χ0v) is 14.3. The molecule has 1 heterocycles. The molecule has 0 radical (unpaired) electrons. The second-order valence-electron chi connectivity index (χ2n) is 6.20. The standard InChI is InChI=1S/C17H24ClNO4/c1-3-7-17(16(21)22)11-19(8-6-15(17)20)10-12-4-5-14(23-2)13(18)9-12/h4-5,9,15,20H,3,6-8,10-11H2,1-2H3,(H,21,22)/t15-,17+/m0/s1. The van der Waals surface area contributed by atoms with Gasteiger partial charge in [-0.1, -0.05) is 31.0 Å². The van der Waals surface area contributed by atoms with Gasteiger partial charge in [0.1, 0.15) is 11.2 Å². The number of methoxy groups -OCH3 is 1. The molecule has 0 saturated carbocycles. The van der Waals surface area contributed by atoms with E-state index < -0.39 is 17.5 Å². The van der Waals surface area contributed by atoms with Crippen LogP contribution >= 0.6 is 11.6 Å². The first-order valence-electron chi connectivity index (χ1n) is 7.89. The summed E-state index contributed by atoms with van der Waals surface area (Å²) in [6.07, 6.45) is 0.876. The molecule has 128 valence electrons. The molecule has 0 amide bonds. The lowest BCUT2D eigenvalue weighted by Gasteiger charge is -2.43. The van der Waals surface area contributed by atoms with Gasteiger partial charge in [0.15, 0.2) is 0 Å². The summed E-state index contributed by atoms with van der Waals surface area (Å²) in [4.78, 5) is 13.9. The zero-order chi connectivity index (χ0) is 17.0. The summed E-state index contributed by atoms with van der Waals surface area (Å²) in [5.41, 5.74) is -0.0773. The number of piperidine rings is 1. The average molecular weight is 342 g/mol. The maximum Gasteiger partial charge on any atom is 0.313 e. The highest BCUT2D eigenvalue weighted by atomic mass is 35.5. The van der Waals surface area contributed by atoms with Gasteiger partial charge in [0, 0.05) is 19.6 Å². The molecule has 0 aliphatic carbocycles. The van der Waals surface area contributed by atoms with E-state index in [2.05, 4.69) is 4.90 Å². The number of carbonyl (C=O) groups is 1. The highest BCUT2D eigenvalue weighted by Gasteiger charge is 2.48. The molecule has 1 aliphatic heterocycles. The normalized spacial score (nSPS) is 25.3. The highest BCUT2D eigenvalue weighted by molar-refractivity contribution is 6.32. The molecule has 0 bridgehead atoms. The largest absolute Gasteiger partial charge is 0.495 e. The predicted octanol–water partition coefficient (Wildman–Crippen LogP) is 2.79. The lowest BCUT2D eigenvalue weighted by Crippen LogP contribution is -2.55. The van der Waals surface area contributed by atoms with Crippen LogP contribution in [0.5, 0.6) is 5.75 Å². The van der Waals surface area contributed by atoms with Crippen molar-refractivity contribution < 1.29 is 19.7 Å². The van der Waals surface area contributed by atoms with Crippen LogP contribution < -0.4 is 4.74 Å². The summed E-state index contributed by atoms with van der Waals surface area (Å²) < 4.78 is 5.14. The van der Waals surface area contributed by atoms with Crippen molar-refractivity contribution in [3.05, 3.63) is 28.8 Å². The fourth-order valence-corrected chi connectivity index (χ4v) is 3.66. The summed E-state index contributed by atoms with van der Waals surface area (Å²) in [7, 11) is 1.57. The van der Waals surface area contributed by atoms with Crippen LogP contribution in [0.1, 0.15) is 31.7 Å². The van der Waals surface area contributed by atoms with Crippen LogP contribution in [0.4, 0.5) is 0 Å². The number of ether oxygens (including phenoxy) is 1. The molecule has 2 atom stereocenters. The summed E-state index contributed by atoms with van der Waals surface area (Å²) in [6, 6.07) is 5.58. The van der Waals surface area contributed by atoms with Crippen LogP contribution in [0.3, 0.4) is 0 Å². The number of halogens is 1. The molecule has 0 unspecified atom stereocenters. The molecule has 0 aromatic heterocycles. The van der Waals surface area contributed by atoms with E-state index >= 15 is 0 Å². The Bertz CT molecular complexity index is 566. The van der Waals surface area contributed by atoms with Crippen LogP contribution in [0.2, 0.25) is 5.02 Å². The molecular weight excluding hydrogens is 318 g/mol. The first-order chi connectivity index (χ1) is 10.9. The third-order valence-corrected chi connectivity index (χ3v) is 4.90. The van der Waals surface area contributed by atoms with Gasteiger partial charge in [-0.05, 0) is 30.5 Å². The van der Waals surface area contributed by atoms with Crippen molar-refractivity contribution in [1.82, 2.24) is 4.90 Å². The van der Waals surface area contributed by atoms with E-state index in [9.17, 15) is 15.0 Å². The molecule has 1 aromatic carbocycles. The SMILES string of the molecule is CCC[C@@]1(C(=O)O)CN(Cc2ccc(OC)c(Cl)c2)CC[C@@H]1O. The predicted molar refractivity (Wildman–Crippen MR) is 88.9 cm³/mol. The van der Waals surface area contributed by atoms with Crippen LogP contribution in [0.15, 0.2) is 18.2 Å². The van der Waals surface area contributed by atoms with Crippen LogP contribution in [0, 0.1) is 5.41 Å². The van der Waals surface area contributed by atoms with E-state index in [0.717, 1.165) is 12.0 Å². The molecule has 1 aromatic rings. The van der Waals surface area contributed by atoms with Gasteiger partial charge in [-0.3, -0.25) is 9.69 Å². The Morgan fingerprint density at radius 2 is 2.26 bits per heavy atom. The Hall–Kier alpha value is -1.30. The van der Waals surface area contributed by atoms with Gasteiger partial charge in [0.2, 0.25) is 0 Å². The Kier molecular flexibility index (Phi) is 5.89. The van der Waals surface area contributed by atoms with Crippen molar-refractivity contribution in [2.24, 2.45) is 5.41 Å². The first-order valence-corrected chi connectivity index (χ1v) is 8.27. The molecule has 1 aliphatic rings. The van der Waals surface area contributed by atoms with E-state index in [1.807, 2.05) is 25.1 Å². The number of aliphatic carboxylic acids is 1. The molecular formula is C17H24ClNO4. The van der Waals surface area contributed by atoms with Gasteiger partial charge in [-0.15, -0.1) is 0 Å². The van der Waals surface area contributed by atoms with E-state index in [1.165, 1.54) is 0 Å². The summed E-state index contributed by atoms with van der Waals surface area (Å²) >= 11 is 6.15. The molecule has 5 nitrogen and oxygen atoms in total. The van der Waals surface area contributed by atoms with Crippen molar-refractivity contribution in [3.8, 4) is 5.75 Å². The third kappa shape index (κ3) is 3.79. The third-order valence-electron chi connectivity index (χ3n) is 4.61. The smallest absolute Gasteiger partial charge is 0.313 e. The summed E-state index contributed by atoms with van der Waals surface area (Å²) in [6.45, 7) is 3.57. The average Bonchev–Trinajstić information content (AvgIpc) is 2.51. The molecule has 23 heavy (non-hydrogen) atoms. The number of rotatable bonds is 6. The van der Waals surface area contributed by atoms with E-state index in [1.54, 1.807) is 7.11 Å². The van der Waals surface area contributed by atoms with Gasteiger partial charge in [0.05, 0.1) is 18.2 Å². The fraction of sp³-hybridized carbons (Fsp3) is 0.588. The van der Waals surface area contributed by atoms with Crippen molar-refractivity contribution in [2.75, 3.05) is 20.2 Å². The number of carboxylic acids is 1. The minimum absolute atomic E-state index is 0.348. The molecule has 2 rings (SSSR count). The van der Waals surface area contributed by atoms with Crippen molar-refractivity contribution in [3.63, 3.8) is 0 Å². The number of aliphatic hydroxyl groups is 1. The number of likely N-dealkylation sites (tertiary alicyclic amines) is 1. The monoisotopic (exact) mass is 341 g/mol. The van der Waals surface area contributed by atoms with E-state index in [-0.39, 0.29) is 0 Å². The molecule has 1 saturated heterocycles. The highest BCUT2D eigenvalue weighted by Crippen LogP contribution is 2.36. The Labute approximate surface area is 141 Å². The first kappa shape index (κ1) is 18.0. The minimum atomic E-state index is -1.08. The Balaban J connectivity index is 2.15. The van der Waals surface area contributed by atoms with E-state index in [4.69, 9.17) is 16.3 Å². The van der Waals surface area contributed by atoms with Crippen molar-refractivity contribution in [2.45, 2.75) is 38.8 Å². The van der Waals surface area contributed by atoms with Crippen molar-refractivity contribution in [1.29, 1.82) is 0 Å². The van der Waals surface area contributed by atoms with Crippen LogP contribution in [-0.4, -0.2) is 47.4 Å². The van der Waals surface area contributed by atoms with Crippen LogP contribution in [-0.2, 0) is 11.3 Å². The van der Waals surface area contributed by atoms with Gasteiger partial charge in [-0.25, -0.2) is 0 Å². The number of hydrogen-bond donors (Lipinski definition) is 2. The Morgan fingerprint density at radius 1 is 1.52 bits per heavy atom. The quantitative estimate of drug-likeness (QED) is 0.832. The molecule has 1 fully saturated rings. The molecule has 2 N–H and O–H groups in total. The second-order valence-corrected chi connectivity index (χ2v) is 6.60. The van der Waals surface area contributed by atoms with Gasteiger partial charge in [-0.2, -0.15) is 0 Å². The maximum absolute atomic E-state index is 11.8. The number of benzene rings is 1.